The number of thioether (sulfide) groups is 1. The van der Waals surface area contributed by atoms with E-state index in [0.29, 0.717) is 10.8 Å². The molecule has 0 saturated carbocycles. The predicted octanol–water partition coefficient (Wildman–Crippen LogP) is 0.756. The van der Waals surface area contributed by atoms with Gasteiger partial charge >= 0.3 is 5.97 Å². The summed E-state index contributed by atoms with van der Waals surface area (Å²) in [4.78, 5) is 18.9. The Morgan fingerprint density at radius 3 is 3.00 bits per heavy atom. The SMILES string of the molecule is CCNc1cc(SCC(=O)OC)nc(N)n1. The quantitative estimate of drug-likeness (QED) is 0.447. The normalized spacial score (nSPS) is 9.88. The summed E-state index contributed by atoms with van der Waals surface area (Å²) in [5, 5.41) is 3.68. The van der Waals surface area contributed by atoms with E-state index in [0.717, 1.165) is 6.54 Å². The van der Waals surface area contributed by atoms with E-state index in [2.05, 4.69) is 20.0 Å². The molecule has 0 aliphatic carbocycles. The minimum absolute atomic E-state index is 0.186. The van der Waals surface area contributed by atoms with Gasteiger partial charge < -0.3 is 15.8 Å². The Kier molecular flexibility index (Phi) is 4.84. The van der Waals surface area contributed by atoms with Crippen molar-refractivity contribution in [3.8, 4) is 0 Å². The Labute approximate surface area is 98.0 Å². The number of hydrogen-bond acceptors (Lipinski definition) is 7. The summed E-state index contributed by atoms with van der Waals surface area (Å²) in [5.41, 5.74) is 5.54. The van der Waals surface area contributed by atoms with E-state index in [9.17, 15) is 4.79 Å². The first-order chi connectivity index (χ1) is 7.65. The van der Waals surface area contributed by atoms with Crippen molar-refractivity contribution in [2.45, 2.75) is 11.9 Å². The van der Waals surface area contributed by atoms with Crippen molar-refractivity contribution in [1.29, 1.82) is 0 Å². The van der Waals surface area contributed by atoms with Gasteiger partial charge in [-0.25, -0.2) is 4.98 Å². The highest BCUT2D eigenvalue weighted by atomic mass is 32.2. The largest absolute Gasteiger partial charge is 0.468 e. The number of aromatic nitrogens is 2. The Balaban J connectivity index is 2.68. The van der Waals surface area contributed by atoms with Crippen LogP contribution >= 0.6 is 11.8 Å². The smallest absolute Gasteiger partial charge is 0.316 e. The number of hydrogen-bond donors (Lipinski definition) is 2. The molecule has 16 heavy (non-hydrogen) atoms. The maximum Gasteiger partial charge on any atom is 0.316 e. The summed E-state index contributed by atoms with van der Waals surface area (Å²) >= 11 is 1.26. The van der Waals surface area contributed by atoms with Gasteiger partial charge in [-0.15, -0.1) is 0 Å². The fourth-order valence-corrected chi connectivity index (χ4v) is 1.72. The lowest BCUT2D eigenvalue weighted by Crippen LogP contribution is -2.06. The van der Waals surface area contributed by atoms with Crippen LogP contribution in [0.1, 0.15) is 6.92 Å². The number of carbonyl (C=O) groups excluding carboxylic acids is 1. The summed E-state index contributed by atoms with van der Waals surface area (Å²) in [7, 11) is 1.35. The minimum atomic E-state index is -0.299. The summed E-state index contributed by atoms with van der Waals surface area (Å²) in [5.74, 6) is 0.749. The van der Waals surface area contributed by atoms with Crippen molar-refractivity contribution >= 4 is 29.5 Å². The number of carbonyl (C=O) groups is 1. The second-order valence-corrected chi connectivity index (χ2v) is 3.84. The van der Waals surface area contributed by atoms with Crippen LogP contribution in [-0.4, -0.2) is 35.3 Å². The summed E-state index contributed by atoms with van der Waals surface area (Å²) < 4.78 is 4.53. The lowest BCUT2D eigenvalue weighted by molar-refractivity contribution is -0.137. The Bertz CT molecular complexity index is 373. The van der Waals surface area contributed by atoms with Crippen molar-refractivity contribution < 1.29 is 9.53 Å². The first-order valence-corrected chi connectivity index (χ1v) is 5.72. The number of ether oxygens (including phenoxy) is 1. The van der Waals surface area contributed by atoms with Crippen LogP contribution in [0.2, 0.25) is 0 Å². The number of anilines is 2. The van der Waals surface area contributed by atoms with Crippen LogP contribution in [0.5, 0.6) is 0 Å². The molecule has 0 aliphatic heterocycles. The number of esters is 1. The zero-order chi connectivity index (χ0) is 12.0. The topological polar surface area (TPSA) is 90.1 Å². The van der Waals surface area contributed by atoms with Gasteiger partial charge in [0.15, 0.2) is 0 Å². The van der Waals surface area contributed by atoms with Crippen molar-refractivity contribution in [3.05, 3.63) is 6.07 Å². The molecule has 0 saturated heterocycles. The molecule has 1 rings (SSSR count). The fraction of sp³-hybridized carbons (Fsp3) is 0.444. The van der Waals surface area contributed by atoms with Gasteiger partial charge in [-0.3, -0.25) is 4.79 Å². The molecular formula is C9H14N4O2S. The van der Waals surface area contributed by atoms with Gasteiger partial charge in [0.2, 0.25) is 5.95 Å². The molecule has 1 aromatic heterocycles. The van der Waals surface area contributed by atoms with Crippen molar-refractivity contribution in [2.75, 3.05) is 30.5 Å². The zero-order valence-electron chi connectivity index (χ0n) is 9.19. The molecule has 7 heteroatoms. The van der Waals surface area contributed by atoms with Crippen molar-refractivity contribution in [1.82, 2.24) is 9.97 Å². The highest BCUT2D eigenvalue weighted by molar-refractivity contribution is 7.99. The first-order valence-electron chi connectivity index (χ1n) is 4.73. The second kappa shape index (κ2) is 6.16. The van der Waals surface area contributed by atoms with Gasteiger partial charge in [0.1, 0.15) is 10.8 Å². The molecular weight excluding hydrogens is 228 g/mol. The monoisotopic (exact) mass is 242 g/mol. The lowest BCUT2D eigenvalue weighted by atomic mass is 10.5. The average molecular weight is 242 g/mol. The fourth-order valence-electron chi connectivity index (χ4n) is 0.980. The summed E-state index contributed by atoms with van der Waals surface area (Å²) in [6.07, 6.45) is 0. The van der Waals surface area contributed by atoms with Gasteiger partial charge in [-0.05, 0) is 6.92 Å². The highest BCUT2D eigenvalue weighted by Gasteiger charge is 2.06. The van der Waals surface area contributed by atoms with E-state index in [1.165, 1.54) is 18.9 Å². The Hall–Kier alpha value is -1.50. The molecule has 0 radical (unpaired) electrons. The first kappa shape index (κ1) is 12.6. The number of rotatable bonds is 5. The third kappa shape index (κ3) is 3.93. The van der Waals surface area contributed by atoms with E-state index < -0.39 is 0 Å². The minimum Gasteiger partial charge on any atom is -0.468 e. The molecule has 1 heterocycles. The number of methoxy groups -OCH3 is 1. The zero-order valence-corrected chi connectivity index (χ0v) is 10.0. The van der Waals surface area contributed by atoms with Gasteiger partial charge in [0.05, 0.1) is 12.9 Å². The predicted molar refractivity (Wildman–Crippen MR) is 63.3 cm³/mol. The van der Waals surface area contributed by atoms with Crippen molar-refractivity contribution in [3.63, 3.8) is 0 Å². The number of nitrogens with two attached hydrogens (primary N) is 1. The molecule has 3 N–H and O–H groups in total. The summed E-state index contributed by atoms with van der Waals surface area (Å²) in [6.45, 7) is 2.71. The molecule has 0 bridgehead atoms. The third-order valence-corrected chi connectivity index (χ3v) is 2.53. The standard InChI is InChI=1S/C9H14N4O2S/c1-3-11-6-4-7(13-9(10)12-6)16-5-8(14)15-2/h4H,3,5H2,1-2H3,(H3,10,11,12,13). The molecule has 0 fully saturated rings. The number of nitrogens with zero attached hydrogens (tertiary/aromatic N) is 2. The van der Waals surface area contributed by atoms with E-state index in [-0.39, 0.29) is 17.7 Å². The molecule has 0 amide bonds. The highest BCUT2D eigenvalue weighted by Crippen LogP contribution is 2.19. The van der Waals surface area contributed by atoms with Gasteiger partial charge in [-0.1, -0.05) is 11.8 Å². The van der Waals surface area contributed by atoms with Crippen LogP contribution in [0.25, 0.3) is 0 Å². The van der Waals surface area contributed by atoms with Gasteiger partial charge in [0, 0.05) is 12.6 Å². The van der Waals surface area contributed by atoms with E-state index in [1.54, 1.807) is 6.07 Å². The van der Waals surface area contributed by atoms with Crippen LogP contribution in [0, 0.1) is 0 Å². The maximum absolute atomic E-state index is 10.9. The van der Waals surface area contributed by atoms with E-state index >= 15 is 0 Å². The third-order valence-electron chi connectivity index (χ3n) is 1.64. The Morgan fingerprint density at radius 2 is 2.38 bits per heavy atom. The van der Waals surface area contributed by atoms with Gasteiger partial charge in [0.25, 0.3) is 0 Å². The Morgan fingerprint density at radius 1 is 1.62 bits per heavy atom. The number of nitrogens with one attached hydrogen (secondary N) is 1. The molecule has 1 aromatic rings. The molecule has 0 atom stereocenters. The van der Waals surface area contributed by atoms with Crippen LogP contribution in [0.15, 0.2) is 11.1 Å². The maximum atomic E-state index is 10.9. The molecule has 88 valence electrons. The van der Waals surface area contributed by atoms with Crippen LogP contribution in [0.3, 0.4) is 0 Å². The molecule has 0 aliphatic rings. The van der Waals surface area contributed by atoms with E-state index in [1.807, 2.05) is 6.92 Å². The number of nitrogen functional groups attached to an aromatic ring is 1. The second-order valence-electron chi connectivity index (χ2n) is 2.84. The van der Waals surface area contributed by atoms with Crippen molar-refractivity contribution in [2.24, 2.45) is 0 Å². The molecule has 6 nitrogen and oxygen atoms in total. The van der Waals surface area contributed by atoms with E-state index in [4.69, 9.17) is 5.73 Å². The molecule has 0 spiro atoms. The summed E-state index contributed by atoms with van der Waals surface area (Å²) in [6, 6.07) is 1.74. The lowest BCUT2D eigenvalue weighted by Gasteiger charge is -2.05. The molecule has 0 aromatic carbocycles. The average Bonchev–Trinajstić information content (AvgIpc) is 2.25. The molecule has 0 unspecified atom stereocenters. The van der Waals surface area contributed by atoms with Crippen LogP contribution < -0.4 is 11.1 Å². The van der Waals surface area contributed by atoms with Gasteiger partial charge in [-0.2, -0.15) is 4.98 Å². The van der Waals surface area contributed by atoms with Crippen LogP contribution in [-0.2, 0) is 9.53 Å². The van der Waals surface area contributed by atoms with Crippen LogP contribution in [0.4, 0.5) is 11.8 Å².